The molecule has 0 amide bonds. The Balaban J connectivity index is 0.00000225. The summed E-state index contributed by atoms with van der Waals surface area (Å²) in [6.45, 7) is 7.93. The van der Waals surface area contributed by atoms with Gasteiger partial charge in [-0.05, 0) is 43.5 Å². The molecule has 0 saturated carbocycles. The second-order valence-corrected chi connectivity index (χ2v) is 3.99. The van der Waals surface area contributed by atoms with Gasteiger partial charge in [-0.1, -0.05) is 11.6 Å². The van der Waals surface area contributed by atoms with E-state index in [1.54, 1.807) is 7.11 Å². The molecule has 0 aliphatic carbocycles. The third-order valence-electron chi connectivity index (χ3n) is 2.44. The fourth-order valence-electron chi connectivity index (χ4n) is 1.68. The van der Waals surface area contributed by atoms with E-state index in [-0.39, 0.29) is 18.4 Å². The molecule has 0 aromatic heterocycles. The predicted octanol–water partition coefficient (Wildman–Crippen LogP) is 3.39. The highest BCUT2D eigenvalue weighted by Gasteiger charge is 2.09. The van der Waals surface area contributed by atoms with Crippen LogP contribution < -0.4 is 10.5 Å². The minimum Gasteiger partial charge on any atom is -0.497 e. The Labute approximate surface area is 104 Å². The number of hydrogen-bond acceptors (Lipinski definition) is 2. The van der Waals surface area contributed by atoms with Crippen molar-refractivity contribution in [3.8, 4) is 5.75 Å². The number of hydrogen-bond donors (Lipinski definition) is 1. The molecule has 16 heavy (non-hydrogen) atoms. The van der Waals surface area contributed by atoms with Gasteiger partial charge in [0.2, 0.25) is 0 Å². The molecule has 0 aliphatic heterocycles. The van der Waals surface area contributed by atoms with E-state index in [0.717, 1.165) is 17.7 Å². The van der Waals surface area contributed by atoms with Crippen LogP contribution in [0.1, 0.15) is 30.5 Å². The molecule has 1 rings (SSSR count). The zero-order valence-corrected chi connectivity index (χ0v) is 10.9. The molecule has 0 aliphatic rings. The summed E-state index contributed by atoms with van der Waals surface area (Å²) in [5, 5.41) is 0. The highest BCUT2D eigenvalue weighted by Crippen LogP contribution is 2.24. The number of ether oxygens (including phenoxy) is 1. The van der Waals surface area contributed by atoms with Crippen molar-refractivity contribution in [2.24, 2.45) is 5.73 Å². The van der Waals surface area contributed by atoms with Crippen molar-refractivity contribution in [2.45, 2.75) is 26.3 Å². The summed E-state index contributed by atoms with van der Waals surface area (Å²) < 4.78 is 5.15. The largest absolute Gasteiger partial charge is 0.497 e. The lowest BCUT2D eigenvalue weighted by Crippen LogP contribution is -2.11. The summed E-state index contributed by atoms with van der Waals surface area (Å²) >= 11 is 0. The van der Waals surface area contributed by atoms with E-state index in [9.17, 15) is 0 Å². The summed E-state index contributed by atoms with van der Waals surface area (Å²) in [4.78, 5) is 0. The molecule has 3 heteroatoms. The van der Waals surface area contributed by atoms with Crippen molar-refractivity contribution in [3.05, 3.63) is 41.5 Å². The van der Waals surface area contributed by atoms with Crippen LogP contribution in [0.2, 0.25) is 0 Å². The van der Waals surface area contributed by atoms with Crippen LogP contribution in [-0.4, -0.2) is 7.11 Å². The first-order chi connectivity index (χ1) is 7.04. The van der Waals surface area contributed by atoms with Crippen LogP contribution in [-0.2, 0) is 0 Å². The Morgan fingerprint density at radius 3 is 2.56 bits per heavy atom. The Bertz CT molecular complexity index is 363. The van der Waals surface area contributed by atoms with Crippen molar-refractivity contribution in [3.63, 3.8) is 0 Å². The summed E-state index contributed by atoms with van der Waals surface area (Å²) in [6.07, 6.45) is 0.827. The average molecular weight is 242 g/mol. The highest BCUT2D eigenvalue weighted by molar-refractivity contribution is 5.85. The molecule has 2 N–H and O–H groups in total. The Morgan fingerprint density at radius 2 is 2.12 bits per heavy atom. The quantitative estimate of drug-likeness (QED) is 0.821. The maximum atomic E-state index is 6.09. The molecule has 0 bridgehead atoms. The molecular weight excluding hydrogens is 222 g/mol. The van der Waals surface area contributed by atoms with Crippen molar-refractivity contribution < 1.29 is 4.74 Å². The van der Waals surface area contributed by atoms with Crippen LogP contribution in [0.5, 0.6) is 5.75 Å². The fraction of sp³-hybridized carbons (Fsp3) is 0.385. The molecule has 2 nitrogen and oxygen atoms in total. The van der Waals surface area contributed by atoms with Gasteiger partial charge in [0.1, 0.15) is 5.75 Å². The summed E-state index contributed by atoms with van der Waals surface area (Å²) in [6, 6.07) is 6.02. The summed E-state index contributed by atoms with van der Waals surface area (Å²) in [5.41, 5.74) is 9.53. The van der Waals surface area contributed by atoms with E-state index in [1.165, 1.54) is 11.1 Å². The first-order valence-corrected chi connectivity index (χ1v) is 5.09. The Morgan fingerprint density at radius 1 is 1.50 bits per heavy atom. The number of methoxy groups -OCH3 is 1. The topological polar surface area (TPSA) is 35.2 Å². The monoisotopic (exact) mass is 241 g/mol. The van der Waals surface area contributed by atoms with Crippen LogP contribution in [0.25, 0.3) is 0 Å². The normalized spacial score (nSPS) is 11.5. The van der Waals surface area contributed by atoms with Gasteiger partial charge < -0.3 is 10.5 Å². The van der Waals surface area contributed by atoms with Crippen molar-refractivity contribution in [2.75, 3.05) is 7.11 Å². The Hall–Kier alpha value is -0.990. The molecule has 1 atom stereocenters. The van der Waals surface area contributed by atoms with Crippen LogP contribution in [0.3, 0.4) is 0 Å². The van der Waals surface area contributed by atoms with Crippen LogP contribution in [0, 0.1) is 6.92 Å². The molecule has 1 aromatic carbocycles. The third-order valence-corrected chi connectivity index (χ3v) is 2.44. The van der Waals surface area contributed by atoms with Gasteiger partial charge in [0.05, 0.1) is 7.11 Å². The van der Waals surface area contributed by atoms with E-state index in [0.29, 0.717) is 0 Å². The number of rotatable bonds is 4. The molecule has 0 unspecified atom stereocenters. The van der Waals surface area contributed by atoms with Gasteiger partial charge in [-0.3, -0.25) is 0 Å². The molecule has 0 fully saturated rings. The second-order valence-electron chi connectivity index (χ2n) is 3.99. The molecular formula is C13H20ClNO. The van der Waals surface area contributed by atoms with E-state index >= 15 is 0 Å². The maximum absolute atomic E-state index is 6.09. The zero-order chi connectivity index (χ0) is 11.4. The molecule has 90 valence electrons. The van der Waals surface area contributed by atoms with Crippen LogP contribution in [0.15, 0.2) is 30.4 Å². The molecule has 1 aromatic rings. The zero-order valence-electron chi connectivity index (χ0n) is 10.1. The standard InChI is InChI=1S/C13H19NO.ClH/c1-9(2)7-13(14)12-6-5-11(15-4)8-10(12)3;/h5-6,8,13H,1,7,14H2,2-4H3;1H/t13-;/m0./s1. The highest BCUT2D eigenvalue weighted by atomic mass is 35.5. The van der Waals surface area contributed by atoms with Crippen LogP contribution in [0.4, 0.5) is 0 Å². The minimum atomic E-state index is 0. The number of nitrogens with two attached hydrogens (primary N) is 1. The average Bonchev–Trinajstić information content (AvgIpc) is 2.16. The minimum absolute atomic E-state index is 0. The summed E-state index contributed by atoms with van der Waals surface area (Å²) in [5.74, 6) is 0.874. The van der Waals surface area contributed by atoms with Crippen molar-refractivity contribution >= 4 is 12.4 Å². The van der Waals surface area contributed by atoms with E-state index in [4.69, 9.17) is 10.5 Å². The smallest absolute Gasteiger partial charge is 0.119 e. The van der Waals surface area contributed by atoms with Crippen molar-refractivity contribution in [1.29, 1.82) is 0 Å². The Kier molecular flexibility index (Phi) is 6.16. The SMILES string of the molecule is C=C(C)C[C@H](N)c1ccc(OC)cc1C.Cl. The number of benzene rings is 1. The van der Waals surface area contributed by atoms with Crippen LogP contribution >= 0.6 is 12.4 Å². The number of aryl methyl sites for hydroxylation is 1. The van der Waals surface area contributed by atoms with Gasteiger partial charge in [-0.25, -0.2) is 0 Å². The van der Waals surface area contributed by atoms with Gasteiger partial charge >= 0.3 is 0 Å². The van der Waals surface area contributed by atoms with Gasteiger partial charge in [-0.2, -0.15) is 0 Å². The third kappa shape index (κ3) is 3.87. The van der Waals surface area contributed by atoms with E-state index in [1.807, 2.05) is 25.1 Å². The van der Waals surface area contributed by atoms with Gasteiger partial charge in [0.15, 0.2) is 0 Å². The fourth-order valence-corrected chi connectivity index (χ4v) is 1.68. The number of halogens is 1. The first kappa shape index (κ1) is 15.0. The lowest BCUT2D eigenvalue weighted by Gasteiger charge is -2.15. The van der Waals surface area contributed by atoms with Crippen molar-refractivity contribution in [1.82, 2.24) is 0 Å². The summed E-state index contributed by atoms with van der Waals surface area (Å²) in [7, 11) is 1.67. The molecule has 0 spiro atoms. The molecule has 0 saturated heterocycles. The lowest BCUT2D eigenvalue weighted by atomic mass is 9.97. The van der Waals surface area contributed by atoms with E-state index in [2.05, 4.69) is 13.5 Å². The first-order valence-electron chi connectivity index (χ1n) is 5.09. The van der Waals surface area contributed by atoms with Gasteiger partial charge in [0.25, 0.3) is 0 Å². The predicted molar refractivity (Wildman–Crippen MR) is 71.3 cm³/mol. The molecule has 0 radical (unpaired) electrons. The van der Waals surface area contributed by atoms with E-state index < -0.39 is 0 Å². The lowest BCUT2D eigenvalue weighted by molar-refractivity contribution is 0.414. The van der Waals surface area contributed by atoms with Gasteiger partial charge in [-0.15, -0.1) is 19.0 Å². The van der Waals surface area contributed by atoms with Gasteiger partial charge in [0, 0.05) is 6.04 Å². The second kappa shape index (κ2) is 6.56. The molecule has 0 heterocycles. The maximum Gasteiger partial charge on any atom is 0.119 e.